The minimum atomic E-state index is 0.458. The molecular weight excluding hydrogens is 288 g/mol. The first-order valence-corrected chi connectivity index (χ1v) is 7.57. The van der Waals surface area contributed by atoms with Crippen LogP contribution >= 0.6 is 0 Å². The fraction of sp³-hybridized carbons (Fsp3) is 0.294. The van der Waals surface area contributed by atoms with Gasteiger partial charge in [0.05, 0.1) is 11.4 Å². The number of hydrogen-bond acceptors (Lipinski definition) is 4. The molecule has 0 radical (unpaired) electrons. The van der Waals surface area contributed by atoms with Crippen molar-refractivity contribution in [3.8, 4) is 0 Å². The molecule has 6 nitrogen and oxygen atoms in total. The molecule has 118 valence electrons. The number of benzene rings is 2. The molecule has 0 heterocycles. The van der Waals surface area contributed by atoms with Crippen LogP contribution < -0.4 is 4.90 Å². The Bertz CT molecular complexity index is 684. The van der Waals surface area contributed by atoms with Crippen molar-refractivity contribution in [3.63, 3.8) is 0 Å². The van der Waals surface area contributed by atoms with E-state index in [9.17, 15) is 0 Å². The molecule has 0 unspecified atom stereocenters. The van der Waals surface area contributed by atoms with Crippen molar-refractivity contribution >= 4 is 17.1 Å². The number of likely N-dealkylation sites (N-methyl/N-ethyl adjacent to an activating group) is 1. The van der Waals surface area contributed by atoms with E-state index in [1.54, 1.807) is 0 Å². The summed E-state index contributed by atoms with van der Waals surface area (Å²) in [6.07, 6.45) is 0. The molecule has 6 heteroatoms. The molecule has 0 spiro atoms. The molecule has 0 bridgehead atoms. The molecule has 0 aliphatic heterocycles. The zero-order valence-electron chi connectivity index (χ0n) is 13.4. The Hall–Kier alpha value is -2.85. The number of azo groups is 1. The van der Waals surface area contributed by atoms with Crippen LogP contribution in [-0.4, -0.2) is 19.6 Å². The van der Waals surface area contributed by atoms with Gasteiger partial charge in [0.1, 0.15) is 0 Å². The average Bonchev–Trinajstić information content (AvgIpc) is 2.59. The van der Waals surface area contributed by atoms with Gasteiger partial charge in [-0.15, -0.1) is 0 Å². The summed E-state index contributed by atoms with van der Waals surface area (Å²) in [7, 11) is 0. The predicted molar refractivity (Wildman–Crippen MR) is 93.7 cm³/mol. The fourth-order valence-corrected chi connectivity index (χ4v) is 2.14. The molecule has 0 fully saturated rings. The Morgan fingerprint density at radius 1 is 0.957 bits per heavy atom. The lowest BCUT2D eigenvalue weighted by atomic mass is 10.2. The van der Waals surface area contributed by atoms with Crippen molar-refractivity contribution in [3.05, 3.63) is 64.5 Å². The van der Waals surface area contributed by atoms with Crippen LogP contribution in [0, 0.1) is 6.92 Å². The smallest absolute Gasteiger partial charge is 0.0858 e. The first-order chi connectivity index (χ1) is 11.2. The predicted octanol–water partition coefficient (Wildman–Crippen LogP) is 5.55. The second kappa shape index (κ2) is 8.56. The lowest BCUT2D eigenvalue weighted by Gasteiger charge is -2.22. The highest BCUT2D eigenvalue weighted by Crippen LogP contribution is 2.22. The van der Waals surface area contributed by atoms with Gasteiger partial charge in [-0.2, -0.15) is 10.2 Å². The van der Waals surface area contributed by atoms with E-state index in [2.05, 4.69) is 32.1 Å². The molecule has 0 aliphatic rings. The maximum Gasteiger partial charge on any atom is 0.0858 e. The first kappa shape index (κ1) is 16.5. The topological polar surface area (TPSA) is 76.7 Å². The van der Waals surface area contributed by atoms with Crippen LogP contribution in [-0.2, 0) is 0 Å². The normalized spacial score (nSPS) is 10.5. The Balaban J connectivity index is 2.03. The van der Waals surface area contributed by atoms with E-state index in [1.807, 2.05) is 55.5 Å². The molecule has 0 aliphatic carbocycles. The van der Waals surface area contributed by atoms with E-state index >= 15 is 0 Å². The van der Waals surface area contributed by atoms with Gasteiger partial charge in [0.25, 0.3) is 0 Å². The minimum absolute atomic E-state index is 0.458. The molecule has 23 heavy (non-hydrogen) atoms. The highest BCUT2D eigenvalue weighted by Gasteiger charge is 2.03. The van der Waals surface area contributed by atoms with Gasteiger partial charge in [-0.1, -0.05) is 22.8 Å². The molecule has 0 saturated carbocycles. The third-order valence-corrected chi connectivity index (χ3v) is 3.44. The van der Waals surface area contributed by atoms with Crippen LogP contribution in [0.2, 0.25) is 0 Å². The molecule has 0 atom stereocenters. The molecule has 0 N–H and O–H groups in total. The number of hydrogen-bond donors (Lipinski definition) is 0. The summed E-state index contributed by atoms with van der Waals surface area (Å²) in [5, 5.41) is 12.1. The van der Waals surface area contributed by atoms with Gasteiger partial charge in [0.2, 0.25) is 0 Å². The summed E-state index contributed by atoms with van der Waals surface area (Å²) in [6.45, 7) is 6.12. The second-order valence-corrected chi connectivity index (χ2v) is 5.09. The number of anilines is 1. The third kappa shape index (κ3) is 5.13. The number of rotatable bonds is 7. The summed E-state index contributed by atoms with van der Waals surface area (Å²) in [5.74, 6) is 0. The Morgan fingerprint density at radius 3 is 2.04 bits per heavy atom. The largest absolute Gasteiger partial charge is 0.372 e. The minimum Gasteiger partial charge on any atom is -0.372 e. The van der Waals surface area contributed by atoms with Crippen molar-refractivity contribution in [2.75, 3.05) is 24.5 Å². The number of azide groups is 1. The van der Waals surface area contributed by atoms with Gasteiger partial charge in [0, 0.05) is 30.2 Å². The highest BCUT2D eigenvalue weighted by molar-refractivity contribution is 5.53. The van der Waals surface area contributed by atoms with Crippen LogP contribution in [0.1, 0.15) is 12.5 Å². The lowest BCUT2D eigenvalue weighted by molar-refractivity contribution is 0.813. The summed E-state index contributed by atoms with van der Waals surface area (Å²) in [5.41, 5.74) is 12.3. The first-order valence-electron chi connectivity index (χ1n) is 7.57. The van der Waals surface area contributed by atoms with E-state index in [0.717, 1.165) is 23.6 Å². The van der Waals surface area contributed by atoms with Gasteiger partial charge in [-0.05, 0) is 55.8 Å². The van der Waals surface area contributed by atoms with Gasteiger partial charge in [-0.25, -0.2) is 0 Å². The standard InChI is InChI=1S/C17H20N6/c1-3-23(13-12-19-22-18)17-10-8-16(9-11-17)21-20-15-6-4-14(2)5-7-15/h4-11H,3,12-13H2,1-2H3. The monoisotopic (exact) mass is 308 g/mol. The van der Waals surface area contributed by atoms with E-state index in [-0.39, 0.29) is 0 Å². The van der Waals surface area contributed by atoms with Gasteiger partial charge < -0.3 is 4.90 Å². The summed E-state index contributed by atoms with van der Waals surface area (Å²) < 4.78 is 0. The number of nitrogens with zero attached hydrogens (tertiary/aromatic N) is 6. The molecule has 2 aromatic carbocycles. The fourth-order valence-electron chi connectivity index (χ4n) is 2.14. The number of aryl methyl sites for hydroxylation is 1. The summed E-state index contributed by atoms with van der Waals surface area (Å²) in [4.78, 5) is 4.93. The van der Waals surface area contributed by atoms with Crippen molar-refractivity contribution in [1.29, 1.82) is 0 Å². The van der Waals surface area contributed by atoms with Gasteiger partial charge in [0.15, 0.2) is 0 Å². The molecule has 0 amide bonds. The molecule has 0 saturated heterocycles. The van der Waals surface area contributed by atoms with E-state index in [0.29, 0.717) is 13.1 Å². The second-order valence-electron chi connectivity index (χ2n) is 5.09. The molecular formula is C17H20N6. The van der Waals surface area contributed by atoms with Gasteiger partial charge in [-0.3, -0.25) is 0 Å². The van der Waals surface area contributed by atoms with Gasteiger partial charge >= 0.3 is 0 Å². The SMILES string of the molecule is CCN(CCN=[N+]=[N-])c1ccc(N=Nc2ccc(C)cc2)cc1. The zero-order valence-corrected chi connectivity index (χ0v) is 13.4. The lowest BCUT2D eigenvalue weighted by Crippen LogP contribution is -2.25. The molecule has 2 aromatic rings. The average molecular weight is 308 g/mol. The van der Waals surface area contributed by atoms with Crippen molar-refractivity contribution in [2.24, 2.45) is 15.3 Å². The Labute approximate surface area is 136 Å². The molecule has 2 rings (SSSR count). The maximum absolute atomic E-state index is 8.34. The summed E-state index contributed by atoms with van der Waals surface area (Å²) >= 11 is 0. The van der Waals surface area contributed by atoms with Crippen LogP contribution in [0.4, 0.5) is 17.1 Å². The Kier molecular flexibility index (Phi) is 6.15. The highest BCUT2D eigenvalue weighted by atomic mass is 15.2. The maximum atomic E-state index is 8.34. The van der Waals surface area contributed by atoms with Crippen LogP contribution in [0.5, 0.6) is 0 Å². The van der Waals surface area contributed by atoms with Crippen molar-refractivity contribution in [2.45, 2.75) is 13.8 Å². The van der Waals surface area contributed by atoms with Crippen molar-refractivity contribution < 1.29 is 0 Å². The Morgan fingerprint density at radius 2 is 1.52 bits per heavy atom. The van der Waals surface area contributed by atoms with Crippen LogP contribution in [0.3, 0.4) is 0 Å². The van der Waals surface area contributed by atoms with Crippen LogP contribution in [0.15, 0.2) is 63.9 Å². The van der Waals surface area contributed by atoms with Crippen molar-refractivity contribution in [1.82, 2.24) is 0 Å². The zero-order chi connectivity index (χ0) is 16.5. The van der Waals surface area contributed by atoms with E-state index in [1.165, 1.54) is 5.56 Å². The quantitative estimate of drug-likeness (QED) is 0.375. The van der Waals surface area contributed by atoms with Crippen LogP contribution in [0.25, 0.3) is 10.4 Å². The molecule has 0 aromatic heterocycles. The van der Waals surface area contributed by atoms with E-state index in [4.69, 9.17) is 5.53 Å². The third-order valence-electron chi connectivity index (χ3n) is 3.44. The summed E-state index contributed by atoms with van der Waals surface area (Å²) in [6, 6.07) is 15.8. The van der Waals surface area contributed by atoms with E-state index < -0.39 is 0 Å².